The number of ketones is 1. The number of anilines is 1. The second kappa shape index (κ2) is 4.82. The molecule has 2 rings (SSSR count). The third kappa shape index (κ3) is 2.24. The monoisotopic (exact) mass is 261 g/mol. The van der Waals surface area contributed by atoms with Crippen LogP contribution < -0.4 is 10.5 Å². The molecule has 4 heteroatoms. The minimum atomic E-state index is 0.00940. The summed E-state index contributed by atoms with van der Waals surface area (Å²) in [5, 5.41) is 0. The fraction of sp³-hybridized carbons (Fsp3) is 0.214. The Labute approximate surface area is 110 Å². The maximum Gasteiger partial charge on any atom is 0.194 e. The molecule has 0 atom stereocenters. The first-order valence-corrected chi connectivity index (χ1v) is 6.40. The number of aryl methyl sites for hydroxylation is 2. The van der Waals surface area contributed by atoms with Crippen molar-refractivity contribution in [2.45, 2.75) is 13.8 Å². The Morgan fingerprint density at radius 1 is 1.28 bits per heavy atom. The molecule has 1 aromatic heterocycles. The zero-order valence-electron chi connectivity index (χ0n) is 10.6. The quantitative estimate of drug-likeness (QED) is 0.682. The molecule has 18 heavy (non-hydrogen) atoms. The second-order valence-electron chi connectivity index (χ2n) is 4.11. The molecule has 2 N–H and O–H groups in total. The van der Waals surface area contributed by atoms with Crippen LogP contribution in [-0.4, -0.2) is 12.9 Å². The van der Waals surface area contributed by atoms with Gasteiger partial charge < -0.3 is 10.5 Å². The van der Waals surface area contributed by atoms with Crippen LogP contribution in [0.5, 0.6) is 5.75 Å². The SMILES string of the molecule is COc1cc(C(=O)c2cc(C)sc2C)ccc1N. The van der Waals surface area contributed by atoms with Gasteiger partial charge in [-0.2, -0.15) is 0 Å². The molecule has 0 spiro atoms. The van der Waals surface area contributed by atoms with Gasteiger partial charge in [-0.15, -0.1) is 11.3 Å². The number of carbonyl (C=O) groups excluding carboxylic acids is 1. The number of benzene rings is 1. The lowest BCUT2D eigenvalue weighted by Gasteiger charge is -2.06. The minimum absolute atomic E-state index is 0.00940. The van der Waals surface area contributed by atoms with Crippen molar-refractivity contribution in [1.29, 1.82) is 0 Å². The number of hydrogen-bond donors (Lipinski definition) is 1. The van der Waals surface area contributed by atoms with E-state index in [-0.39, 0.29) is 5.78 Å². The summed E-state index contributed by atoms with van der Waals surface area (Å²) in [5.74, 6) is 0.542. The van der Waals surface area contributed by atoms with Crippen LogP contribution in [0.1, 0.15) is 25.7 Å². The van der Waals surface area contributed by atoms with E-state index in [0.29, 0.717) is 17.0 Å². The highest BCUT2D eigenvalue weighted by Gasteiger charge is 2.15. The Hall–Kier alpha value is -1.81. The first-order chi connectivity index (χ1) is 8.52. The topological polar surface area (TPSA) is 52.3 Å². The summed E-state index contributed by atoms with van der Waals surface area (Å²) in [7, 11) is 1.54. The molecule has 94 valence electrons. The number of hydrogen-bond acceptors (Lipinski definition) is 4. The number of methoxy groups -OCH3 is 1. The first kappa shape index (κ1) is 12.6. The molecule has 0 fully saturated rings. The Balaban J connectivity index is 2.43. The van der Waals surface area contributed by atoms with Crippen LogP contribution in [0.4, 0.5) is 5.69 Å². The van der Waals surface area contributed by atoms with Crippen molar-refractivity contribution in [3.05, 3.63) is 45.1 Å². The largest absolute Gasteiger partial charge is 0.495 e. The van der Waals surface area contributed by atoms with Crippen molar-refractivity contribution in [2.24, 2.45) is 0 Å². The summed E-state index contributed by atoms with van der Waals surface area (Å²) in [4.78, 5) is 14.5. The predicted octanol–water partition coefficient (Wildman–Crippen LogP) is 3.19. The van der Waals surface area contributed by atoms with E-state index in [1.165, 1.54) is 0 Å². The van der Waals surface area contributed by atoms with Crippen LogP contribution in [-0.2, 0) is 0 Å². The Kier molecular flexibility index (Phi) is 3.39. The molecule has 0 saturated carbocycles. The molecule has 1 aromatic carbocycles. The standard InChI is InChI=1S/C14H15NO2S/c1-8-6-11(9(2)18-8)14(16)10-4-5-12(15)13(7-10)17-3/h4-7H,15H2,1-3H3. The molecule has 0 aliphatic rings. The van der Waals surface area contributed by atoms with Gasteiger partial charge in [0.1, 0.15) is 5.75 Å². The number of ether oxygens (including phenoxy) is 1. The van der Waals surface area contributed by atoms with E-state index < -0.39 is 0 Å². The van der Waals surface area contributed by atoms with Gasteiger partial charge >= 0.3 is 0 Å². The van der Waals surface area contributed by atoms with Crippen molar-refractivity contribution in [1.82, 2.24) is 0 Å². The highest BCUT2D eigenvalue weighted by atomic mass is 32.1. The third-order valence-electron chi connectivity index (χ3n) is 2.78. The molecule has 0 radical (unpaired) electrons. The maximum atomic E-state index is 12.4. The lowest BCUT2D eigenvalue weighted by molar-refractivity contribution is 0.103. The van der Waals surface area contributed by atoms with Gasteiger partial charge in [0.2, 0.25) is 0 Å². The molecular weight excluding hydrogens is 246 g/mol. The van der Waals surface area contributed by atoms with Crippen molar-refractivity contribution in [3.8, 4) is 5.75 Å². The molecule has 3 nitrogen and oxygen atoms in total. The predicted molar refractivity (Wildman–Crippen MR) is 74.6 cm³/mol. The zero-order chi connectivity index (χ0) is 13.3. The summed E-state index contributed by atoms with van der Waals surface area (Å²) in [6.45, 7) is 3.96. The molecule has 2 aromatic rings. The van der Waals surface area contributed by atoms with Gasteiger partial charge in [0.25, 0.3) is 0 Å². The van der Waals surface area contributed by atoms with Gasteiger partial charge in [-0.05, 0) is 38.1 Å². The lowest BCUT2D eigenvalue weighted by atomic mass is 10.0. The Morgan fingerprint density at radius 3 is 2.56 bits per heavy atom. The number of thiophene rings is 1. The van der Waals surface area contributed by atoms with Crippen molar-refractivity contribution in [2.75, 3.05) is 12.8 Å². The Morgan fingerprint density at radius 2 is 2.00 bits per heavy atom. The van der Waals surface area contributed by atoms with Crippen molar-refractivity contribution in [3.63, 3.8) is 0 Å². The normalized spacial score (nSPS) is 10.4. The van der Waals surface area contributed by atoms with Gasteiger partial charge in [-0.1, -0.05) is 0 Å². The first-order valence-electron chi connectivity index (χ1n) is 5.58. The fourth-order valence-corrected chi connectivity index (χ4v) is 2.79. The molecule has 0 saturated heterocycles. The van der Waals surface area contributed by atoms with Crippen LogP contribution >= 0.6 is 11.3 Å². The van der Waals surface area contributed by atoms with Crippen LogP contribution in [0, 0.1) is 13.8 Å². The van der Waals surface area contributed by atoms with E-state index >= 15 is 0 Å². The van der Waals surface area contributed by atoms with Crippen LogP contribution in [0.25, 0.3) is 0 Å². The average Bonchev–Trinajstić information content (AvgIpc) is 2.68. The summed E-state index contributed by atoms with van der Waals surface area (Å²) < 4.78 is 5.13. The van der Waals surface area contributed by atoms with Crippen LogP contribution in [0.3, 0.4) is 0 Å². The highest BCUT2D eigenvalue weighted by molar-refractivity contribution is 7.12. The number of nitrogen functional groups attached to an aromatic ring is 1. The summed E-state index contributed by atoms with van der Waals surface area (Å²) in [6, 6.07) is 7.03. The van der Waals surface area contributed by atoms with E-state index in [1.54, 1.807) is 36.6 Å². The fourth-order valence-electron chi connectivity index (χ4n) is 1.86. The molecular formula is C14H15NO2S. The lowest BCUT2D eigenvalue weighted by Crippen LogP contribution is -2.03. The Bertz CT molecular complexity index is 602. The van der Waals surface area contributed by atoms with Gasteiger partial charge in [-0.25, -0.2) is 0 Å². The number of carbonyl (C=O) groups is 1. The van der Waals surface area contributed by atoms with Gasteiger partial charge in [0.05, 0.1) is 12.8 Å². The van der Waals surface area contributed by atoms with Gasteiger partial charge in [0, 0.05) is 20.9 Å². The van der Waals surface area contributed by atoms with Crippen molar-refractivity contribution < 1.29 is 9.53 Å². The van der Waals surface area contributed by atoms with E-state index in [0.717, 1.165) is 15.3 Å². The molecule has 0 unspecified atom stereocenters. The summed E-state index contributed by atoms with van der Waals surface area (Å²) in [5.41, 5.74) is 7.63. The number of rotatable bonds is 3. The summed E-state index contributed by atoms with van der Waals surface area (Å²) >= 11 is 1.63. The highest BCUT2D eigenvalue weighted by Crippen LogP contribution is 2.27. The molecule has 1 heterocycles. The third-order valence-corrected chi connectivity index (χ3v) is 3.75. The van der Waals surface area contributed by atoms with Crippen LogP contribution in [0.2, 0.25) is 0 Å². The maximum absolute atomic E-state index is 12.4. The molecule has 0 aliphatic heterocycles. The van der Waals surface area contributed by atoms with Crippen molar-refractivity contribution >= 4 is 22.8 Å². The number of nitrogens with two attached hydrogens (primary N) is 1. The average molecular weight is 261 g/mol. The minimum Gasteiger partial charge on any atom is -0.495 e. The molecule has 0 amide bonds. The van der Waals surface area contributed by atoms with E-state index in [4.69, 9.17) is 10.5 Å². The van der Waals surface area contributed by atoms with Gasteiger partial charge in [-0.3, -0.25) is 4.79 Å². The second-order valence-corrected chi connectivity index (χ2v) is 5.57. The molecule has 0 bridgehead atoms. The zero-order valence-corrected chi connectivity index (χ0v) is 11.4. The van der Waals surface area contributed by atoms with Crippen LogP contribution in [0.15, 0.2) is 24.3 Å². The molecule has 0 aliphatic carbocycles. The smallest absolute Gasteiger partial charge is 0.194 e. The van der Waals surface area contributed by atoms with E-state index in [2.05, 4.69) is 0 Å². The van der Waals surface area contributed by atoms with E-state index in [1.807, 2.05) is 19.9 Å². The summed E-state index contributed by atoms with van der Waals surface area (Å²) in [6.07, 6.45) is 0. The van der Waals surface area contributed by atoms with E-state index in [9.17, 15) is 4.79 Å². The van der Waals surface area contributed by atoms with Gasteiger partial charge in [0.15, 0.2) is 5.78 Å².